The van der Waals surface area contributed by atoms with Crippen LogP contribution in [0.4, 0.5) is 4.39 Å². The summed E-state index contributed by atoms with van der Waals surface area (Å²) < 4.78 is 13.3. The van der Waals surface area contributed by atoms with Crippen molar-refractivity contribution in [3.63, 3.8) is 0 Å². The third-order valence-electron chi connectivity index (χ3n) is 4.86. The molecule has 0 atom stereocenters. The van der Waals surface area contributed by atoms with Crippen LogP contribution in [-0.4, -0.2) is 12.6 Å². The maximum Gasteiger partial charge on any atom is 0.124 e. The molecule has 3 heteroatoms. The summed E-state index contributed by atoms with van der Waals surface area (Å²) in [7, 11) is 0. The molecule has 1 aromatic carbocycles. The van der Waals surface area contributed by atoms with E-state index in [0.717, 1.165) is 18.0 Å². The van der Waals surface area contributed by atoms with E-state index in [9.17, 15) is 4.39 Å². The van der Waals surface area contributed by atoms with Gasteiger partial charge < -0.3 is 5.32 Å². The standard InChI is InChI=1S/C17H23ClFN/c1-2-3-12-9-17(10-12,11-20-14-5-6-14)15-7-4-13(19)8-16(15)18/h4,7-8,12,14,20H,2-3,5-6,9-11H2,1H3. The molecule has 0 aliphatic heterocycles. The number of hydrogen-bond acceptors (Lipinski definition) is 1. The van der Waals surface area contributed by atoms with Gasteiger partial charge in [-0.25, -0.2) is 4.39 Å². The average molecular weight is 296 g/mol. The first-order valence-electron chi connectivity index (χ1n) is 7.82. The maximum atomic E-state index is 13.3. The monoisotopic (exact) mass is 295 g/mol. The third-order valence-corrected chi connectivity index (χ3v) is 5.18. The lowest BCUT2D eigenvalue weighted by atomic mass is 9.57. The van der Waals surface area contributed by atoms with Gasteiger partial charge in [-0.3, -0.25) is 0 Å². The van der Waals surface area contributed by atoms with Gasteiger partial charge in [-0.15, -0.1) is 0 Å². The quantitative estimate of drug-likeness (QED) is 0.803. The summed E-state index contributed by atoms with van der Waals surface area (Å²) in [5, 5.41) is 4.24. The molecular weight excluding hydrogens is 273 g/mol. The summed E-state index contributed by atoms with van der Waals surface area (Å²) in [5.41, 5.74) is 1.27. The van der Waals surface area contributed by atoms with Gasteiger partial charge in [0.15, 0.2) is 0 Å². The molecule has 0 unspecified atom stereocenters. The molecule has 0 spiro atoms. The van der Waals surface area contributed by atoms with E-state index in [-0.39, 0.29) is 11.2 Å². The van der Waals surface area contributed by atoms with Crippen molar-refractivity contribution in [3.05, 3.63) is 34.6 Å². The highest BCUT2D eigenvalue weighted by Gasteiger charge is 2.46. The predicted octanol–water partition coefficient (Wildman–Crippen LogP) is 4.68. The second-order valence-electron chi connectivity index (χ2n) is 6.62. The third kappa shape index (κ3) is 2.87. The molecule has 3 rings (SSSR count). The Bertz CT molecular complexity index is 478. The zero-order valence-corrected chi connectivity index (χ0v) is 12.8. The van der Waals surface area contributed by atoms with E-state index in [1.807, 2.05) is 6.07 Å². The van der Waals surface area contributed by atoms with Crippen molar-refractivity contribution in [1.29, 1.82) is 0 Å². The second-order valence-corrected chi connectivity index (χ2v) is 7.03. The van der Waals surface area contributed by atoms with Crippen molar-refractivity contribution in [2.75, 3.05) is 6.54 Å². The fourth-order valence-electron chi connectivity index (χ4n) is 3.66. The molecule has 1 N–H and O–H groups in total. The topological polar surface area (TPSA) is 12.0 Å². The van der Waals surface area contributed by atoms with Gasteiger partial charge in [0, 0.05) is 23.0 Å². The number of benzene rings is 1. The molecule has 0 radical (unpaired) electrons. The van der Waals surface area contributed by atoms with E-state index in [1.54, 1.807) is 6.07 Å². The van der Waals surface area contributed by atoms with Gasteiger partial charge in [-0.1, -0.05) is 37.4 Å². The Kier molecular flexibility index (Phi) is 4.05. The molecule has 0 bridgehead atoms. The summed E-state index contributed by atoms with van der Waals surface area (Å²) in [5.74, 6) is 0.565. The molecule has 2 aliphatic carbocycles. The smallest absolute Gasteiger partial charge is 0.124 e. The van der Waals surface area contributed by atoms with E-state index < -0.39 is 0 Å². The van der Waals surface area contributed by atoms with Crippen molar-refractivity contribution in [2.45, 2.75) is 56.9 Å². The molecule has 1 nitrogen and oxygen atoms in total. The Morgan fingerprint density at radius 1 is 1.35 bits per heavy atom. The summed E-state index contributed by atoms with van der Waals surface area (Å²) >= 11 is 6.31. The first kappa shape index (κ1) is 14.3. The zero-order valence-electron chi connectivity index (χ0n) is 12.1. The minimum atomic E-state index is -0.242. The van der Waals surface area contributed by atoms with E-state index in [2.05, 4.69) is 12.2 Å². The minimum absolute atomic E-state index is 0.132. The Morgan fingerprint density at radius 3 is 2.70 bits per heavy atom. The highest BCUT2D eigenvalue weighted by atomic mass is 35.5. The fraction of sp³-hybridized carbons (Fsp3) is 0.647. The van der Waals surface area contributed by atoms with Crippen LogP contribution in [-0.2, 0) is 5.41 Å². The lowest BCUT2D eigenvalue weighted by Gasteiger charge is -2.49. The number of hydrogen-bond donors (Lipinski definition) is 1. The van der Waals surface area contributed by atoms with Gasteiger partial charge in [-0.2, -0.15) is 0 Å². The Morgan fingerprint density at radius 2 is 2.10 bits per heavy atom. The van der Waals surface area contributed by atoms with Crippen LogP contribution in [0.25, 0.3) is 0 Å². The van der Waals surface area contributed by atoms with Crippen LogP contribution in [0.15, 0.2) is 18.2 Å². The molecule has 1 aromatic rings. The van der Waals surface area contributed by atoms with Gasteiger partial charge in [0.05, 0.1) is 0 Å². The number of rotatable bonds is 6. The molecule has 110 valence electrons. The molecule has 20 heavy (non-hydrogen) atoms. The lowest BCUT2D eigenvalue weighted by Crippen LogP contribution is -2.49. The van der Waals surface area contributed by atoms with Crippen LogP contribution in [0.5, 0.6) is 0 Å². The minimum Gasteiger partial charge on any atom is -0.313 e. The summed E-state index contributed by atoms with van der Waals surface area (Å²) in [6.07, 6.45) is 7.51. The van der Waals surface area contributed by atoms with Crippen molar-refractivity contribution in [2.24, 2.45) is 5.92 Å². The molecule has 0 heterocycles. The molecule has 0 amide bonds. The molecular formula is C17H23ClFN. The zero-order chi connectivity index (χ0) is 14.2. The summed E-state index contributed by atoms with van der Waals surface area (Å²) in [4.78, 5) is 0. The molecule has 2 saturated carbocycles. The first-order valence-corrected chi connectivity index (χ1v) is 8.20. The van der Waals surface area contributed by atoms with Crippen molar-refractivity contribution < 1.29 is 4.39 Å². The van der Waals surface area contributed by atoms with E-state index in [4.69, 9.17) is 11.6 Å². The summed E-state index contributed by atoms with van der Waals surface area (Å²) in [6.45, 7) is 3.23. The molecule has 2 aliphatic rings. The van der Waals surface area contributed by atoms with Gasteiger partial charge in [0.1, 0.15) is 5.82 Å². The van der Waals surface area contributed by atoms with Gasteiger partial charge in [-0.05, 0) is 49.3 Å². The first-order chi connectivity index (χ1) is 9.63. The van der Waals surface area contributed by atoms with Crippen molar-refractivity contribution in [1.82, 2.24) is 5.32 Å². The normalized spacial score (nSPS) is 29.2. The van der Waals surface area contributed by atoms with E-state index in [1.165, 1.54) is 44.6 Å². The van der Waals surface area contributed by atoms with Crippen LogP contribution < -0.4 is 5.32 Å². The second kappa shape index (κ2) is 5.65. The Balaban J connectivity index is 1.77. The maximum absolute atomic E-state index is 13.3. The van der Waals surface area contributed by atoms with Crippen LogP contribution in [0.2, 0.25) is 5.02 Å². The highest BCUT2D eigenvalue weighted by Crippen LogP contribution is 2.51. The van der Waals surface area contributed by atoms with Crippen LogP contribution >= 0.6 is 11.6 Å². The van der Waals surface area contributed by atoms with E-state index in [0.29, 0.717) is 11.1 Å². The number of nitrogens with one attached hydrogen (secondary N) is 1. The highest BCUT2D eigenvalue weighted by molar-refractivity contribution is 6.31. The van der Waals surface area contributed by atoms with Gasteiger partial charge in [0.25, 0.3) is 0 Å². The van der Waals surface area contributed by atoms with Crippen LogP contribution in [0.1, 0.15) is 51.0 Å². The molecule has 2 fully saturated rings. The average Bonchev–Trinajstić information content (AvgIpc) is 3.17. The van der Waals surface area contributed by atoms with Crippen molar-refractivity contribution >= 4 is 11.6 Å². The SMILES string of the molecule is CCCC1CC(CNC2CC2)(c2ccc(F)cc2Cl)C1. The predicted molar refractivity (Wildman–Crippen MR) is 81.7 cm³/mol. The van der Waals surface area contributed by atoms with Crippen LogP contribution in [0.3, 0.4) is 0 Å². The van der Waals surface area contributed by atoms with Crippen molar-refractivity contribution in [3.8, 4) is 0 Å². The van der Waals surface area contributed by atoms with Gasteiger partial charge >= 0.3 is 0 Å². The van der Waals surface area contributed by atoms with E-state index >= 15 is 0 Å². The molecule has 0 saturated heterocycles. The fourth-order valence-corrected chi connectivity index (χ4v) is 4.03. The van der Waals surface area contributed by atoms with Crippen LogP contribution in [0, 0.1) is 11.7 Å². The Labute approximate surface area is 125 Å². The lowest BCUT2D eigenvalue weighted by molar-refractivity contribution is 0.128. The van der Waals surface area contributed by atoms with Gasteiger partial charge in [0.2, 0.25) is 0 Å². The molecule has 0 aromatic heterocycles. The summed E-state index contributed by atoms with van der Waals surface area (Å²) in [6, 6.07) is 5.61. The Hall–Kier alpha value is -0.600. The number of halogens is 2. The largest absolute Gasteiger partial charge is 0.313 e.